The number of hydrogen-bond acceptors (Lipinski definition) is 2. The Balaban J connectivity index is 0.00000225. The van der Waals surface area contributed by atoms with Crippen molar-refractivity contribution in [2.75, 3.05) is 0 Å². The van der Waals surface area contributed by atoms with Crippen molar-refractivity contribution in [3.05, 3.63) is 109 Å². The summed E-state index contributed by atoms with van der Waals surface area (Å²) in [6, 6.07) is 29.1. The van der Waals surface area contributed by atoms with Crippen LogP contribution in [0.3, 0.4) is 0 Å². The van der Waals surface area contributed by atoms with Gasteiger partial charge < -0.3 is 0 Å². The number of benzene rings is 2. The number of pyridine rings is 2. The van der Waals surface area contributed by atoms with Gasteiger partial charge in [-0.2, -0.15) is 0 Å². The maximum atomic E-state index is 4.80. The van der Waals surface area contributed by atoms with Crippen LogP contribution in [-0.2, 0) is 26.5 Å². The zero-order chi connectivity index (χ0) is 18.7. The predicted octanol–water partition coefficient (Wildman–Crippen LogP) is 6.13. The monoisotopic (exact) mass is 545 g/mol. The smallest absolute Gasteiger partial charge is 0.260 e. The van der Waals surface area contributed by atoms with Crippen LogP contribution in [0.1, 0.15) is 25.2 Å². The van der Waals surface area contributed by atoms with Gasteiger partial charge in [-0.05, 0) is 37.1 Å². The molecule has 0 N–H and O–H groups in total. The van der Waals surface area contributed by atoms with Gasteiger partial charge in [0.15, 0.2) is 0 Å². The van der Waals surface area contributed by atoms with E-state index < -0.39 is 0 Å². The first-order valence-corrected chi connectivity index (χ1v) is 9.20. The summed E-state index contributed by atoms with van der Waals surface area (Å²) in [5, 5.41) is 0. The van der Waals surface area contributed by atoms with Crippen molar-refractivity contribution in [2.45, 2.75) is 19.3 Å². The van der Waals surface area contributed by atoms with E-state index in [4.69, 9.17) is 9.97 Å². The maximum absolute atomic E-state index is 4.80. The average molecular weight is 546 g/mol. The predicted molar refractivity (Wildman–Crippen MR) is 111 cm³/mol. The molecule has 0 saturated carbocycles. The Morgan fingerprint density at radius 3 is 1.32 bits per heavy atom. The molecule has 2 heterocycles. The number of hydrogen-bond donors (Lipinski definition) is 0. The zero-order valence-electron chi connectivity index (χ0n) is 15.9. The second-order valence-corrected chi connectivity index (χ2v) is 7.16. The first-order valence-electron chi connectivity index (χ1n) is 9.20. The van der Waals surface area contributed by atoms with Crippen LogP contribution in [-0.4, -0.2) is 9.97 Å². The topological polar surface area (TPSA) is 25.8 Å². The van der Waals surface area contributed by atoms with Crippen LogP contribution in [0.4, 0.5) is 0 Å². The van der Waals surface area contributed by atoms with Crippen molar-refractivity contribution in [1.82, 2.24) is 9.97 Å². The van der Waals surface area contributed by atoms with Crippen LogP contribution >= 0.6 is 0 Å². The summed E-state index contributed by atoms with van der Waals surface area (Å²) in [6.45, 7) is 4.41. The van der Waals surface area contributed by atoms with Crippen LogP contribution in [0, 0.1) is 0 Å². The van der Waals surface area contributed by atoms with Gasteiger partial charge in [-0.25, -0.2) is 0 Å². The van der Waals surface area contributed by atoms with Gasteiger partial charge in [0, 0.05) is 23.5 Å². The van der Waals surface area contributed by atoms with Gasteiger partial charge in [-0.15, -0.1) is 0 Å². The van der Waals surface area contributed by atoms with E-state index in [2.05, 4.69) is 74.5 Å². The fourth-order valence-electron chi connectivity index (χ4n) is 3.62. The normalized spacial score (nSPS) is 10.9. The van der Waals surface area contributed by atoms with Gasteiger partial charge in [-0.3, -0.25) is 9.97 Å². The molecule has 0 saturated heterocycles. The van der Waals surface area contributed by atoms with Gasteiger partial charge in [0.25, 0.3) is 0 Å². The summed E-state index contributed by atoms with van der Waals surface area (Å²) in [5.74, 6) is 0. The second-order valence-electron chi connectivity index (χ2n) is 7.16. The molecule has 2 nitrogen and oxygen atoms in total. The van der Waals surface area contributed by atoms with Gasteiger partial charge in [0.1, 0.15) is 0 Å². The van der Waals surface area contributed by atoms with Crippen LogP contribution in [0.5, 0.6) is 0 Å². The molecule has 0 amide bonds. The number of rotatable bonds is 4. The maximum Gasteiger partial charge on any atom is 2.00 e. The number of nitrogens with zero attached hydrogens (tertiary/aromatic N) is 2. The molecule has 0 fully saturated rings. The first kappa shape index (κ1) is 20.2. The fraction of sp³-hybridized carbons (Fsp3) is 0.120. The third kappa shape index (κ3) is 3.84. The van der Waals surface area contributed by atoms with E-state index in [1.54, 1.807) is 0 Å². The summed E-state index contributed by atoms with van der Waals surface area (Å²) >= 11 is 0. The van der Waals surface area contributed by atoms with E-state index in [1.165, 1.54) is 11.1 Å². The summed E-state index contributed by atoms with van der Waals surface area (Å²) in [7, 11) is 0. The molecule has 0 radical (unpaired) electrons. The van der Waals surface area contributed by atoms with E-state index in [0.29, 0.717) is 0 Å². The van der Waals surface area contributed by atoms with Crippen molar-refractivity contribution in [3.8, 4) is 22.3 Å². The van der Waals surface area contributed by atoms with Crippen molar-refractivity contribution in [3.63, 3.8) is 0 Å². The average Bonchev–Trinajstić information content (AvgIpc) is 2.75. The molecule has 2 aromatic heterocycles. The molecule has 0 atom stereocenters. The van der Waals surface area contributed by atoms with Gasteiger partial charge in [-0.1, -0.05) is 72.8 Å². The minimum Gasteiger partial charge on any atom is -0.260 e. The van der Waals surface area contributed by atoms with Crippen LogP contribution < -0.4 is 0 Å². The van der Waals surface area contributed by atoms with Crippen LogP contribution in [0.15, 0.2) is 97.3 Å². The molecular weight excluding hydrogens is 523 g/mol. The minimum absolute atomic E-state index is 0. The van der Waals surface area contributed by atoms with Gasteiger partial charge in [0.2, 0.25) is 0 Å². The second kappa shape index (κ2) is 8.62. The minimum atomic E-state index is -0.348. The molecule has 0 spiro atoms. The third-order valence-corrected chi connectivity index (χ3v) is 4.97. The van der Waals surface area contributed by atoms with Crippen molar-refractivity contribution < 1.29 is 21.1 Å². The van der Waals surface area contributed by atoms with E-state index in [-0.39, 0.29) is 26.5 Å². The van der Waals surface area contributed by atoms with Crippen molar-refractivity contribution >= 4 is 0 Å². The quantitative estimate of drug-likeness (QED) is 0.308. The molecule has 0 aliphatic heterocycles. The largest absolute Gasteiger partial charge is 2.00 e. The van der Waals surface area contributed by atoms with Crippen LogP contribution in [0.25, 0.3) is 22.3 Å². The Kier molecular flexibility index (Phi) is 6.21. The Morgan fingerprint density at radius 2 is 0.929 bits per heavy atom. The van der Waals surface area contributed by atoms with Gasteiger partial charge in [0.05, 0.1) is 16.8 Å². The third-order valence-electron chi connectivity index (χ3n) is 4.97. The summed E-state index contributed by atoms with van der Waals surface area (Å²) in [6.07, 6.45) is 3.74. The van der Waals surface area contributed by atoms with E-state index >= 15 is 0 Å². The molecule has 0 bridgehead atoms. The Bertz CT molecular complexity index is 959. The standard InChI is InChI=1S/C25H22N2.Pt/c1-25(2,23-21(15-9-17-26-23)19-11-5-3-6-12-19)24-22(16-10-18-27-24)20-13-7-4-8-14-20;/h3-18H,1-2H3;/q;+2. The molecule has 0 aliphatic carbocycles. The Hall–Kier alpha value is -2.57. The van der Waals surface area contributed by atoms with Crippen LogP contribution in [0.2, 0.25) is 0 Å². The molecule has 0 aliphatic rings. The van der Waals surface area contributed by atoms with E-state index in [1.807, 2.05) is 36.7 Å². The Labute approximate surface area is 181 Å². The summed E-state index contributed by atoms with van der Waals surface area (Å²) in [5.41, 5.74) is 6.36. The summed E-state index contributed by atoms with van der Waals surface area (Å²) < 4.78 is 0. The molecule has 0 unspecified atom stereocenters. The molecule has 4 rings (SSSR count). The molecule has 28 heavy (non-hydrogen) atoms. The number of aromatic nitrogens is 2. The van der Waals surface area contributed by atoms with Gasteiger partial charge >= 0.3 is 21.1 Å². The van der Waals surface area contributed by atoms with Crippen molar-refractivity contribution in [2.24, 2.45) is 0 Å². The Morgan fingerprint density at radius 1 is 0.536 bits per heavy atom. The van der Waals surface area contributed by atoms with E-state index in [9.17, 15) is 0 Å². The molecule has 2 aromatic carbocycles. The van der Waals surface area contributed by atoms with E-state index in [0.717, 1.165) is 22.5 Å². The first-order chi connectivity index (χ1) is 13.2. The molecular formula is C25H22N2Pt+2. The zero-order valence-corrected chi connectivity index (χ0v) is 18.2. The molecule has 4 aromatic rings. The summed E-state index contributed by atoms with van der Waals surface area (Å²) in [4.78, 5) is 9.60. The molecule has 140 valence electrons. The molecule has 3 heteroatoms. The SMILES string of the molecule is CC(C)(c1ncccc1-c1ccccc1)c1ncccc1-c1ccccc1.[Pt+2]. The fourth-order valence-corrected chi connectivity index (χ4v) is 3.62. The van der Waals surface area contributed by atoms with Crippen molar-refractivity contribution in [1.29, 1.82) is 0 Å².